The predicted molar refractivity (Wildman–Crippen MR) is 102 cm³/mol. The molecule has 3 aromatic carbocycles. The maximum absolute atomic E-state index is 12.8. The van der Waals surface area contributed by atoms with Crippen molar-refractivity contribution in [2.75, 3.05) is 4.72 Å². The van der Waals surface area contributed by atoms with Crippen molar-refractivity contribution in [3.8, 4) is 0 Å². The minimum atomic E-state index is -3.59. The monoisotopic (exact) mass is 351 g/mol. The molecule has 0 radical (unpaired) electrons. The van der Waals surface area contributed by atoms with E-state index >= 15 is 0 Å². The van der Waals surface area contributed by atoms with Crippen molar-refractivity contribution in [3.05, 3.63) is 71.8 Å². The molecule has 0 heterocycles. The lowest BCUT2D eigenvalue weighted by Crippen LogP contribution is -2.13. The summed E-state index contributed by atoms with van der Waals surface area (Å²) < 4.78 is 28.3. The molecule has 0 saturated carbocycles. The van der Waals surface area contributed by atoms with Gasteiger partial charge in [-0.2, -0.15) is 0 Å². The lowest BCUT2D eigenvalue weighted by Gasteiger charge is -2.12. The maximum Gasteiger partial charge on any atom is 0.261 e. The van der Waals surface area contributed by atoms with Crippen molar-refractivity contribution in [2.45, 2.75) is 37.0 Å². The van der Waals surface area contributed by atoms with Gasteiger partial charge in [0.2, 0.25) is 0 Å². The summed E-state index contributed by atoms with van der Waals surface area (Å²) in [6, 6.07) is 18.9. The fourth-order valence-corrected chi connectivity index (χ4v) is 4.61. The Kier molecular flexibility index (Phi) is 4.22. The van der Waals surface area contributed by atoms with Crippen LogP contribution < -0.4 is 4.72 Å². The molecule has 0 fully saturated rings. The summed E-state index contributed by atoms with van der Waals surface area (Å²) in [5.74, 6) is 0. The Hall–Kier alpha value is -2.33. The van der Waals surface area contributed by atoms with Crippen LogP contribution in [-0.2, 0) is 22.9 Å². The van der Waals surface area contributed by atoms with Crippen molar-refractivity contribution in [2.24, 2.45) is 0 Å². The summed E-state index contributed by atoms with van der Waals surface area (Å²) in [6.07, 6.45) is 5.75. The minimum absolute atomic E-state index is 0.293. The van der Waals surface area contributed by atoms with Gasteiger partial charge in [-0.3, -0.25) is 4.72 Å². The Morgan fingerprint density at radius 3 is 2.32 bits per heavy atom. The van der Waals surface area contributed by atoms with Gasteiger partial charge in [0.05, 0.1) is 4.90 Å². The molecule has 4 rings (SSSR count). The Labute approximate surface area is 148 Å². The molecular formula is C21H21NO2S. The molecule has 4 heteroatoms. The third kappa shape index (κ3) is 3.40. The smallest absolute Gasteiger partial charge is 0.261 e. The zero-order chi connectivity index (χ0) is 17.3. The van der Waals surface area contributed by atoms with Gasteiger partial charge in [0.1, 0.15) is 0 Å². The summed E-state index contributed by atoms with van der Waals surface area (Å²) in [7, 11) is -3.59. The molecule has 0 aliphatic heterocycles. The van der Waals surface area contributed by atoms with Gasteiger partial charge in [-0.25, -0.2) is 8.42 Å². The first-order valence-electron chi connectivity index (χ1n) is 8.75. The van der Waals surface area contributed by atoms with Crippen LogP contribution in [0.15, 0.2) is 65.6 Å². The first-order chi connectivity index (χ1) is 12.1. The molecule has 1 aliphatic carbocycles. The van der Waals surface area contributed by atoms with E-state index in [1.807, 2.05) is 42.5 Å². The van der Waals surface area contributed by atoms with Crippen LogP contribution in [0, 0.1) is 0 Å². The Balaban J connectivity index is 1.65. The van der Waals surface area contributed by atoms with Crippen LogP contribution in [0.5, 0.6) is 0 Å². The van der Waals surface area contributed by atoms with Gasteiger partial charge in [-0.1, -0.05) is 42.8 Å². The van der Waals surface area contributed by atoms with Gasteiger partial charge in [0.25, 0.3) is 10.0 Å². The van der Waals surface area contributed by atoms with E-state index in [4.69, 9.17) is 0 Å². The van der Waals surface area contributed by atoms with Gasteiger partial charge in [-0.05, 0) is 71.8 Å². The molecule has 0 spiro atoms. The van der Waals surface area contributed by atoms with E-state index in [-0.39, 0.29) is 0 Å². The highest BCUT2D eigenvalue weighted by Crippen LogP contribution is 2.26. The molecule has 3 aromatic rings. The van der Waals surface area contributed by atoms with Crippen molar-refractivity contribution < 1.29 is 8.42 Å². The SMILES string of the molecule is O=S(=O)(Nc1ccc2c(c1)CCCCC2)c1ccc2ccccc2c1. The quantitative estimate of drug-likeness (QED) is 0.682. The van der Waals surface area contributed by atoms with Gasteiger partial charge in [0, 0.05) is 5.69 Å². The fraction of sp³-hybridized carbons (Fsp3) is 0.238. The summed E-state index contributed by atoms with van der Waals surface area (Å²) in [4.78, 5) is 0.293. The molecule has 0 bridgehead atoms. The van der Waals surface area contributed by atoms with E-state index in [9.17, 15) is 8.42 Å². The molecule has 3 nitrogen and oxygen atoms in total. The van der Waals surface area contributed by atoms with Crippen molar-refractivity contribution in [1.29, 1.82) is 0 Å². The van der Waals surface area contributed by atoms with Crippen LogP contribution >= 0.6 is 0 Å². The zero-order valence-electron chi connectivity index (χ0n) is 14.0. The summed E-state index contributed by atoms with van der Waals surface area (Å²) in [5.41, 5.74) is 3.27. The topological polar surface area (TPSA) is 46.2 Å². The second-order valence-corrected chi connectivity index (χ2v) is 8.34. The standard InChI is InChI=1S/C21H21NO2S/c23-25(24,21-13-11-17-7-4-5-9-19(17)15-21)22-20-12-10-16-6-2-1-3-8-18(16)14-20/h4-5,7,9-15,22H,1-3,6,8H2. The summed E-state index contributed by atoms with van der Waals surface area (Å²) in [5, 5.41) is 1.96. The molecular weight excluding hydrogens is 330 g/mol. The number of nitrogens with one attached hydrogen (secondary N) is 1. The second-order valence-electron chi connectivity index (χ2n) is 6.66. The molecule has 1 N–H and O–H groups in total. The van der Waals surface area contributed by atoms with Gasteiger partial charge >= 0.3 is 0 Å². The van der Waals surface area contributed by atoms with Crippen molar-refractivity contribution >= 4 is 26.5 Å². The highest BCUT2D eigenvalue weighted by Gasteiger charge is 2.16. The minimum Gasteiger partial charge on any atom is -0.280 e. The Morgan fingerprint density at radius 1 is 0.720 bits per heavy atom. The number of fused-ring (bicyclic) bond motifs is 2. The van der Waals surface area contributed by atoms with E-state index < -0.39 is 10.0 Å². The molecule has 0 aromatic heterocycles. The molecule has 128 valence electrons. The van der Waals surface area contributed by atoms with Crippen LogP contribution in [0.25, 0.3) is 10.8 Å². The molecule has 0 saturated heterocycles. The Morgan fingerprint density at radius 2 is 1.48 bits per heavy atom. The van der Waals surface area contributed by atoms with E-state index in [2.05, 4.69) is 10.8 Å². The van der Waals surface area contributed by atoms with Gasteiger partial charge in [0.15, 0.2) is 0 Å². The number of sulfonamides is 1. The van der Waals surface area contributed by atoms with Crippen LogP contribution in [-0.4, -0.2) is 8.42 Å². The lowest BCUT2D eigenvalue weighted by atomic mass is 10.0. The van der Waals surface area contributed by atoms with Crippen molar-refractivity contribution in [1.82, 2.24) is 0 Å². The van der Waals surface area contributed by atoms with Crippen LogP contribution in [0.3, 0.4) is 0 Å². The lowest BCUT2D eigenvalue weighted by molar-refractivity contribution is 0.601. The third-order valence-electron chi connectivity index (χ3n) is 4.88. The molecule has 0 amide bonds. The largest absolute Gasteiger partial charge is 0.280 e. The fourth-order valence-electron chi connectivity index (χ4n) is 3.52. The van der Waals surface area contributed by atoms with E-state index in [1.165, 1.54) is 30.4 Å². The number of anilines is 1. The zero-order valence-corrected chi connectivity index (χ0v) is 14.9. The highest BCUT2D eigenvalue weighted by molar-refractivity contribution is 7.92. The first kappa shape index (κ1) is 16.2. The number of rotatable bonds is 3. The summed E-state index contributed by atoms with van der Waals surface area (Å²) in [6.45, 7) is 0. The molecule has 0 atom stereocenters. The average molecular weight is 351 g/mol. The summed E-state index contributed by atoms with van der Waals surface area (Å²) >= 11 is 0. The van der Waals surface area contributed by atoms with E-state index in [1.54, 1.807) is 12.1 Å². The second kappa shape index (κ2) is 6.52. The molecule has 1 aliphatic rings. The number of hydrogen-bond acceptors (Lipinski definition) is 2. The number of hydrogen-bond donors (Lipinski definition) is 1. The van der Waals surface area contributed by atoms with Gasteiger partial charge in [-0.15, -0.1) is 0 Å². The highest BCUT2D eigenvalue weighted by atomic mass is 32.2. The first-order valence-corrected chi connectivity index (χ1v) is 10.2. The number of benzene rings is 3. The van der Waals surface area contributed by atoms with Crippen LogP contribution in [0.1, 0.15) is 30.4 Å². The maximum atomic E-state index is 12.8. The van der Waals surface area contributed by atoms with Gasteiger partial charge < -0.3 is 0 Å². The predicted octanol–water partition coefficient (Wildman–Crippen LogP) is 4.91. The third-order valence-corrected chi connectivity index (χ3v) is 6.26. The number of aryl methyl sites for hydroxylation is 2. The van der Waals surface area contributed by atoms with E-state index in [0.717, 1.165) is 23.6 Å². The molecule has 25 heavy (non-hydrogen) atoms. The average Bonchev–Trinajstić information content (AvgIpc) is 2.86. The van der Waals surface area contributed by atoms with Crippen LogP contribution in [0.2, 0.25) is 0 Å². The van der Waals surface area contributed by atoms with E-state index in [0.29, 0.717) is 10.6 Å². The normalized spacial score (nSPS) is 14.7. The Bertz CT molecular complexity index is 1030. The van der Waals surface area contributed by atoms with Crippen molar-refractivity contribution in [3.63, 3.8) is 0 Å². The molecule has 0 unspecified atom stereocenters. The van der Waals surface area contributed by atoms with Crippen LogP contribution in [0.4, 0.5) is 5.69 Å².